The maximum absolute atomic E-state index is 13.3. The molecule has 1 fully saturated rings. The molecule has 5 nitrogen and oxygen atoms in total. The van der Waals surface area contributed by atoms with Gasteiger partial charge in [-0.15, -0.1) is 0 Å². The average molecular weight is 350 g/mol. The van der Waals surface area contributed by atoms with E-state index in [1.54, 1.807) is 6.92 Å². The molecule has 2 rings (SSSR count). The predicted molar refractivity (Wildman–Crippen MR) is 77.3 cm³/mol. The summed E-state index contributed by atoms with van der Waals surface area (Å²) in [6.45, 7) is 4.78. The summed E-state index contributed by atoms with van der Waals surface area (Å²) in [6, 6.07) is 5.34. The minimum Gasteiger partial charge on any atom is -0.365 e. The standard InChI is InChI=1S/C14H17F3N2O3S/c1-9(2)12-8-13(20,14(15,16)17)19(18-12)23(21,22)11-6-4-10(3)5-7-11/h4-7,18,20H,8H2,1-3H3/t13-/m1/s1. The molecule has 0 saturated carbocycles. The summed E-state index contributed by atoms with van der Waals surface area (Å²) in [5.41, 5.74) is -0.116. The van der Waals surface area contributed by atoms with E-state index in [0.29, 0.717) is 5.57 Å². The number of nitrogens with zero attached hydrogens (tertiary/aromatic N) is 1. The van der Waals surface area contributed by atoms with Gasteiger partial charge in [0, 0.05) is 12.1 Å². The third-order valence-corrected chi connectivity index (χ3v) is 5.35. The van der Waals surface area contributed by atoms with Crippen molar-refractivity contribution in [2.24, 2.45) is 0 Å². The molecule has 1 aromatic carbocycles. The molecular formula is C14H17F3N2O3S. The Kier molecular flexibility index (Phi) is 4.25. The molecule has 23 heavy (non-hydrogen) atoms. The Morgan fingerprint density at radius 3 is 2.22 bits per heavy atom. The van der Waals surface area contributed by atoms with Crippen molar-refractivity contribution in [3.05, 3.63) is 41.1 Å². The maximum Gasteiger partial charge on any atom is 0.434 e. The monoisotopic (exact) mass is 350 g/mol. The largest absolute Gasteiger partial charge is 0.434 e. The molecule has 9 heteroatoms. The van der Waals surface area contributed by atoms with Crippen LogP contribution in [0.4, 0.5) is 13.2 Å². The van der Waals surface area contributed by atoms with Gasteiger partial charge in [0.15, 0.2) is 0 Å². The van der Waals surface area contributed by atoms with Crippen LogP contribution in [0.25, 0.3) is 0 Å². The van der Waals surface area contributed by atoms with E-state index >= 15 is 0 Å². The van der Waals surface area contributed by atoms with E-state index in [1.807, 2.05) is 0 Å². The Morgan fingerprint density at radius 2 is 1.78 bits per heavy atom. The van der Waals surface area contributed by atoms with Crippen LogP contribution in [0.1, 0.15) is 25.8 Å². The molecule has 0 radical (unpaired) electrons. The minimum absolute atomic E-state index is 0.0144. The first-order valence-corrected chi connectivity index (χ1v) is 8.18. The molecule has 1 aliphatic heterocycles. The number of nitrogens with one attached hydrogen (secondary N) is 1. The van der Waals surface area contributed by atoms with E-state index in [9.17, 15) is 26.7 Å². The summed E-state index contributed by atoms with van der Waals surface area (Å²) >= 11 is 0. The summed E-state index contributed by atoms with van der Waals surface area (Å²) in [5, 5.41) is 10.1. The molecule has 0 aromatic heterocycles. The van der Waals surface area contributed by atoms with Gasteiger partial charge in [0.2, 0.25) is 0 Å². The van der Waals surface area contributed by atoms with E-state index in [1.165, 1.54) is 38.1 Å². The van der Waals surface area contributed by atoms with E-state index in [4.69, 9.17) is 0 Å². The number of sulfonamides is 1. The molecule has 0 aliphatic carbocycles. The third kappa shape index (κ3) is 2.96. The highest BCUT2D eigenvalue weighted by atomic mass is 32.2. The lowest BCUT2D eigenvalue weighted by Crippen LogP contribution is -2.59. The zero-order valence-electron chi connectivity index (χ0n) is 12.8. The summed E-state index contributed by atoms with van der Waals surface area (Å²) in [6.07, 6.45) is -6.04. The van der Waals surface area contributed by atoms with Crippen LogP contribution in [0.3, 0.4) is 0 Å². The van der Waals surface area contributed by atoms with Crippen molar-refractivity contribution < 1.29 is 26.7 Å². The molecule has 1 saturated heterocycles. The lowest BCUT2D eigenvalue weighted by atomic mass is 10.1. The summed E-state index contributed by atoms with van der Waals surface area (Å²) in [4.78, 5) is -0.340. The summed E-state index contributed by atoms with van der Waals surface area (Å²) < 4.78 is 65.0. The van der Waals surface area contributed by atoms with E-state index < -0.39 is 28.3 Å². The van der Waals surface area contributed by atoms with Crippen molar-refractivity contribution in [3.63, 3.8) is 0 Å². The number of aliphatic hydroxyl groups is 1. The van der Waals surface area contributed by atoms with Gasteiger partial charge < -0.3 is 10.5 Å². The highest BCUT2D eigenvalue weighted by molar-refractivity contribution is 7.89. The lowest BCUT2D eigenvalue weighted by molar-refractivity contribution is -0.292. The van der Waals surface area contributed by atoms with Crippen molar-refractivity contribution in [1.82, 2.24) is 9.84 Å². The first-order chi connectivity index (χ1) is 10.4. The normalized spacial score (nSPS) is 23.0. The van der Waals surface area contributed by atoms with Crippen LogP contribution < -0.4 is 5.43 Å². The fourth-order valence-corrected chi connectivity index (χ4v) is 3.64. The van der Waals surface area contributed by atoms with Gasteiger partial charge in [-0.1, -0.05) is 27.7 Å². The molecule has 2 N–H and O–H groups in total. The number of rotatable bonds is 2. The van der Waals surface area contributed by atoms with Gasteiger partial charge in [0.1, 0.15) is 0 Å². The Balaban J connectivity index is 2.58. The molecule has 1 aliphatic rings. The fraction of sp³-hybridized carbons (Fsp3) is 0.429. The first kappa shape index (κ1) is 17.8. The second kappa shape index (κ2) is 5.50. The van der Waals surface area contributed by atoms with Crippen LogP contribution in [-0.2, 0) is 10.0 Å². The Morgan fingerprint density at radius 1 is 1.26 bits per heavy atom. The highest BCUT2D eigenvalue weighted by Crippen LogP contribution is 2.44. The number of hydrogen-bond donors (Lipinski definition) is 2. The van der Waals surface area contributed by atoms with Crippen LogP contribution in [0.2, 0.25) is 0 Å². The van der Waals surface area contributed by atoms with Gasteiger partial charge in [0.05, 0.1) is 4.90 Å². The van der Waals surface area contributed by atoms with Gasteiger partial charge in [-0.3, -0.25) is 0 Å². The zero-order chi connectivity index (χ0) is 17.6. The molecule has 0 bridgehead atoms. The van der Waals surface area contributed by atoms with Crippen molar-refractivity contribution >= 4 is 10.0 Å². The van der Waals surface area contributed by atoms with Crippen molar-refractivity contribution in [3.8, 4) is 0 Å². The topological polar surface area (TPSA) is 69.6 Å². The molecule has 1 atom stereocenters. The Labute approximate surface area is 132 Å². The highest BCUT2D eigenvalue weighted by Gasteiger charge is 2.65. The third-order valence-electron chi connectivity index (χ3n) is 3.61. The van der Waals surface area contributed by atoms with Crippen LogP contribution >= 0.6 is 0 Å². The second-order valence-corrected chi connectivity index (χ2v) is 7.45. The SMILES string of the molecule is CC(C)=C1C[C@@](O)(C(F)(F)F)N(S(=O)(=O)c2ccc(C)cc2)N1. The lowest BCUT2D eigenvalue weighted by Gasteiger charge is -2.32. The first-order valence-electron chi connectivity index (χ1n) is 6.74. The average Bonchev–Trinajstić information content (AvgIpc) is 2.79. The number of hydrogen-bond acceptors (Lipinski definition) is 4. The molecule has 1 aromatic rings. The number of alkyl halides is 3. The van der Waals surface area contributed by atoms with E-state index in [-0.39, 0.29) is 15.0 Å². The molecular weight excluding hydrogens is 333 g/mol. The number of benzene rings is 1. The Hall–Kier alpha value is -1.58. The second-order valence-electron chi connectivity index (χ2n) is 5.66. The quantitative estimate of drug-likeness (QED) is 0.860. The van der Waals surface area contributed by atoms with Crippen LogP contribution in [-0.4, -0.2) is 29.8 Å². The van der Waals surface area contributed by atoms with Crippen molar-refractivity contribution in [2.75, 3.05) is 0 Å². The van der Waals surface area contributed by atoms with E-state index in [2.05, 4.69) is 5.43 Å². The minimum atomic E-state index is -5.16. The zero-order valence-corrected chi connectivity index (χ0v) is 13.6. The van der Waals surface area contributed by atoms with Gasteiger partial charge in [-0.2, -0.15) is 13.2 Å². The van der Waals surface area contributed by atoms with Crippen molar-refractivity contribution in [2.45, 2.75) is 44.0 Å². The Bertz CT molecular complexity index is 738. The van der Waals surface area contributed by atoms with E-state index in [0.717, 1.165) is 5.56 Å². The van der Waals surface area contributed by atoms with Crippen molar-refractivity contribution in [1.29, 1.82) is 0 Å². The number of allylic oxidation sites excluding steroid dienone is 1. The van der Waals surface area contributed by atoms with Crippen LogP contribution in [0.15, 0.2) is 40.4 Å². The maximum atomic E-state index is 13.3. The molecule has 1 heterocycles. The number of hydrazine groups is 1. The smallest absolute Gasteiger partial charge is 0.365 e. The fourth-order valence-electron chi connectivity index (χ4n) is 2.15. The summed E-state index contributed by atoms with van der Waals surface area (Å²) in [5.74, 6) is 0. The number of halogens is 3. The predicted octanol–water partition coefficient (Wildman–Crippen LogP) is 2.44. The van der Waals surface area contributed by atoms with Crippen LogP contribution in [0, 0.1) is 6.92 Å². The van der Waals surface area contributed by atoms with Gasteiger partial charge in [0.25, 0.3) is 15.7 Å². The van der Waals surface area contributed by atoms with Crippen LogP contribution in [0.5, 0.6) is 0 Å². The van der Waals surface area contributed by atoms with Gasteiger partial charge in [-0.25, -0.2) is 8.42 Å². The molecule has 0 spiro atoms. The van der Waals surface area contributed by atoms with Gasteiger partial charge in [-0.05, 0) is 32.9 Å². The summed E-state index contributed by atoms with van der Waals surface area (Å²) in [7, 11) is -4.59. The molecule has 0 unspecified atom stereocenters. The van der Waals surface area contributed by atoms with Gasteiger partial charge >= 0.3 is 6.18 Å². The molecule has 128 valence electrons. The number of aryl methyl sites for hydroxylation is 1. The molecule has 0 amide bonds.